The van der Waals surface area contributed by atoms with Crippen LogP contribution >= 0.6 is 0 Å². The molecule has 1 aromatic rings. The Labute approximate surface area is 98.5 Å². The van der Waals surface area contributed by atoms with E-state index >= 15 is 0 Å². The normalized spacial score (nSPS) is 19.1. The lowest BCUT2D eigenvalue weighted by Crippen LogP contribution is -2.38. The summed E-state index contributed by atoms with van der Waals surface area (Å²) in [5, 5.41) is 5.48. The maximum absolute atomic E-state index is 11.7. The summed E-state index contributed by atoms with van der Waals surface area (Å²) in [5.41, 5.74) is 5.38. The number of furan rings is 1. The van der Waals surface area contributed by atoms with E-state index in [0.717, 1.165) is 6.42 Å². The van der Waals surface area contributed by atoms with Crippen molar-refractivity contribution >= 4 is 11.8 Å². The average molecular weight is 237 g/mol. The van der Waals surface area contributed by atoms with Crippen LogP contribution in [0, 0.1) is 0 Å². The van der Waals surface area contributed by atoms with Crippen molar-refractivity contribution in [3.05, 3.63) is 23.7 Å². The molecule has 1 aliphatic rings. The summed E-state index contributed by atoms with van der Waals surface area (Å²) >= 11 is 0. The lowest BCUT2D eigenvalue weighted by atomic mass is 10.2. The molecule has 6 nitrogen and oxygen atoms in total. The molecule has 1 unspecified atom stereocenters. The third-order valence-corrected chi connectivity index (χ3v) is 2.68. The van der Waals surface area contributed by atoms with Gasteiger partial charge in [0.2, 0.25) is 5.91 Å². The molecule has 2 rings (SSSR count). The van der Waals surface area contributed by atoms with Crippen LogP contribution < -0.4 is 16.4 Å². The Balaban J connectivity index is 1.82. The fraction of sp³-hybridized carbons (Fsp3) is 0.455. The monoisotopic (exact) mass is 237 g/mol. The van der Waals surface area contributed by atoms with E-state index in [9.17, 15) is 9.59 Å². The van der Waals surface area contributed by atoms with Crippen molar-refractivity contribution in [1.29, 1.82) is 0 Å². The molecule has 4 N–H and O–H groups in total. The molecule has 1 aromatic heterocycles. The maximum Gasteiger partial charge on any atom is 0.287 e. The van der Waals surface area contributed by atoms with Crippen LogP contribution in [0.4, 0.5) is 0 Å². The van der Waals surface area contributed by atoms with Gasteiger partial charge < -0.3 is 20.8 Å². The van der Waals surface area contributed by atoms with Gasteiger partial charge in [0.05, 0.1) is 6.54 Å². The highest BCUT2D eigenvalue weighted by Crippen LogP contribution is 2.08. The number of nitrogens with one attached hydrogen (secondary N) is 2. The van der Waals surface area contributed by atoms with Crippen molar-refractivity contribution in [3.8, 4) is 0 Å². The molecule has 2 heterocycles. The largest absolute Gasteiger partial charge is 0.455 e. The Morgan fingerprint density at radius 2 is 2.41 bits per heavy atom. The third-order valence-electron chi connectivity index (χ3n) is 2.68. The van der Waals surface area contributed by atoms with E-state index in [1.807, 2.05) is 0 Å². The molecular weight excluding hydrogens is 222 g/mol. The maximum atomic E-state index is 11.7. The van der Waals surface area contributed by atoms with Crippen molar-refractivity contribution in [2.24, 2.45) is 5.73 Å². The molecule has 6 heteroatoms. The van der Waals surface area contributed by atoms with Gasteiger partial charge in [-0.3, -0.25) is 9.59 Å². The Hall–Kier alpha value is -1.82. The highest BCUT2D eigenvalue weighted by atomic mass is 16.4. The van der Waals surface area contributed by atoms with Crippen molar-refractivity contribution in [3.63, 3.8) is 0 Å². The predicted octanol–water partition coefficient (Wildman–Crippen LogP) is -0.253. The molecule has 92 valence electrons. The van der Waals surface area contributed by atoms with Crippen LogP contribution in [0.15, 0.2) is 16.5 Å². The Morgan fingerprint density at radius 3 is 3.00 bits per heavy atom. The molecule has 0 aliphatic carbocycles. The van der Waals surface area contributed by atoms with Gasteiger partial charge in [0.25, 0.3) is 5.91 Å². The Kier molecular flexibility index (Phi) is 3.43. The van der Waals surface area contributed by atoms with Gasteiger partial charge in [0, 0.05) is 19.0 Å². The number of hydrogen-bond acceptors (Lipinski definition) is 4. The summed E-state index contributed by atoms with van der Waals surface area (Å²) in [6.07, 6.45) is 1.28. The summed E-state index contributed by atoms with van der Waals surface area (Å²) in [6.45, 7) is 0.690. The molecule has 1 fully saturated rings. The van der Waals surface area contributed by atoms with E-state index in [1.54, 1.807) is 12.1 Å². The lowest BCUT2D eigenvalue weighted by Gasteiger charge is -2.09. The number of amides is 2. The number of rotatable bonds is 4. The summed E-state index contributed by atoms with van der Waals surface area (Å²) < 4.78 is 5.21. The minimum Gasteiger partial charge on any atom is -0.455 e. The zero-order valence-corrected chi connectivity index (χ0v) is 9.36. The van der Waals surface area contributed by atoms with Gasteiger partial charge in [-0.1, -0.05) is 0 Å². The first-order valence-corrected chi connectivity index (χ1v) is 5.55. The van der Waals surface area contributed by atoms with Crippen LogP contribution in [0.25, 0.3) is 0 Å². The first-order valence-electron chi connectivity index (χ1n) is 5.55. The summed E-state index contributed by atoms with van der Waals surface area (Å²) in [5.74, 6) is 0.567. The zero-order valence-electron chi connectivity index (χ0n) is 9.36. The fourth-order valence-corrected chi connectivity index (χ4v) is 1.74. The number of nitrogens with two attached hydrogens (primary N) is 1. The predicted molar refractivity (Wildman–Crippen MR) is 60.1 cm³/mol. The van der Waals surface area contributed by atoms with Crippen molar-refractivity contribution in [1.82, 2.24) is 10.6 Å². The highest BCUT2D eigenvalue weighted by molar-refractivity contribution is 5.91. The smallest absolute Gasteiger partial charge is 0.287 e. The van der Waals surface area contributed by atoms with Crippen molar-refractivity contribution in [2.75, 3.05) is 6.54 Å². The van der Waals surface area contributed by atoms with Crippen LogP contribution in [0.3, 0.4) is 0 Å². The van der Waals surface area contributed by atoms with Crippen molar-refractivity contribution in [2.45, 2.75) is 25.4 Å². The molecule has 0 radical (unpaired) electrons. The minimum absolute atomic E-state index is 0.0235. The second kappa shape index (κ2) is 5.01. The van der Waals surface area contributed by atoms with Gasteiger partial charge in [-0.05, 0) is 18.6 Å². The number of hydrogen-bond donors (Lipinski definition) is 3. The first kappa shape index (κ1) is 11.7. The number of carbonyl (C=O) groups is 2. The van der Waals surface area contributed by atoms with Gasteiger partial charge in [-0.15, -0.1) is 0 Å². The van der Waals surface area contributed by atoms with Gasteiger partial charge in [-0.25, -0.2) is 0 Å². The van der Waals surface area contributed by atoms with E-state index in [-0.39, 0.29) is 30.2 Å². The van der Waals surface area contributed by atoms with Crippen molar-refractivity contribution < 1.29 is 14.0 Å². The fourth-order valence-electron chi connectivity index (χ4n) is 1.74. The Bertz CT molecular complexity index is 427. The van der Waals surface area contributed by atoms with Crippen LogP contribution in [0.1, 0.15) is 29.2 Å². The van der Waals surface area contributed by atoms with E-state index in [4.69, 9.17) is 10.2 Å². The second-order valence-corrected chi connectivity index (χ2v) is 3.98. The van der Waals surface area contributed by atoms with Crippen LogP contribution in [0.2, 0.25) is 0 Å². The summed E-state index contributed by atoms with van der Waals surface area (Å²) in [4.78, 5) is 22.6. The SMILES string of the molecule is NCc1ccc(C(=O)NCC2CCC(=O)N2)o1. The lowest BCUT2D eigenvalue weighted by molar-refractivity contribution is -0.119. The summed E-state index contributed by atoms with van der Waals surface area (Å²) in [6, 6.07) is 3.28. The van der Waals surface area contributed by atoms with Crippen LogP contribution in [-0.4, -0.2) is 24.4 Å². The quantitative estimate of drug-likeness (QED) is 0.672. The highest BCUT2D eigenvalue weighted by Gasteiger charge is 2.21. The molecule has 1 aliphatic heterocycles. The molecular formula is C11H15N3O3. The van der Waals surface area contributed by atoms with E-state index < -0.39 is 0 Å². The average Bonchev–Trinajstić information content (AvgIpc) is 2.94. The molecule has 1 atom stereocenters. The molecule has 0 aromatic carbocycles. The molecule has 2 amide bonds. The van der Waals surface area contributed by atoms with Gasteiger partial charge >= 0.3 is 0 Å². The van der Waals surface area contributed by atoms with E-state index in [1.165, 1.54) is 0 Å². The van der Waals surface area contributed by atoms with Gasteiger partial charge in [0.15, 0.2) is 5.76 Å². The summed E-state index contributed by atoms with van der Waals surface area (Å²) in [7, 11) is 0. The molecule has 0 bridgehead atoms. The molecule has 1 saturated heterocycles. The molecule has 17 heavy (non-hydrogen) atoms. The topological polar surface area (TPSA) is 97.4 Å². The van der Waals surface area contributed by atoms with Crippen LogP contribution in [0.5, 0.6) is 0 Å². The second-order valence-electron chi connectivity index (χ2n) is 3.98. The molecule has 0 saturated carbocycles. The zero-order chi connectivity index (χ0) is 12.3. The standard InChI is InChI=1S/C11H15N3O3/c12-5-8-2-3-9(17-8)11(16)13-6-7-1-4-10(15)14-7/h2-3,7H,1,4-6,12H2,(H,13,16)(H,14,15). The van der Waals surface area contributed by atoms with Gasteiger partial charge in [0.1, 0.15) is 5.76 Å². The minimum atomic E-state index is -0.286. The van der Waals surface area contributed by atoms with E-state index in [2.05, 4.69) is 10.6 Å². The van der Waals surface area contributed by atoms with Crippen LogP contribution in [-0.2, 0) is 11.3 Å². The first-order chi connectivity index (χ1) is 8.19. The van der Waals surface area contributed by atoms with E-state index in [0.29, 0.717) is 18.7 Å². The molecule has 0 spiro atoms. The number of carbonyl (C=O) groups excluding carboxylic acids is 2. The third kappa shape index (κ3) is 2.85. The van der Waals surface area contributed by atoms with Gasteiger partial charge in [-0.2, -0.15) is 0 Å². The Morgan fingerprint density at radius 1 is 1.59 bits per heavy atom.